The number of halogens is 1. The minimum absolute atomic E-state index is 0.225. The summed E-state index contributed by atoms with van der Waals surface area (Å²) >= 11 is 7.37. The molecule has 0 aliphatic heterocycles. The molecule has 19 heavy (non-hydrogen) atoms. The van der Waals surface area contributed by atoms with Gasteiger partial charge in [-0.05, 0) is 34.1 Å². The van der Waals surface area contributed by atoms with Crippen molar-refractivity contribution < 1.29 is 14.3 Å². The maximum atomic E-state index is 11.9. The smallest absolute Gasteiger partial charge is 0.247 e. The number of ether oxygens (including phenoxy) is 1. The van der Waals surface area contributed by atoms with Crippen molar-refractivity contribution in [2.45, 2.75) is 13.0 Å². The summed E-state index contributed by atoms with van der Waals surface area (Å²) < 4.78 is 5.83. The van der Waals surface area contributed by atoms with Gasteiger partial charge in [0.2, 0.25) is 11.8 Å². The van der Waals surface area contributed by atoms with Crippen LogP contribution in [0, 0.1) is 0 Å². The average molecular weight is 347 g/mol. The third kappa shape index (κ3) is 4.76. The zero-order chi connectivity index (χ0) is 14.4. The van der Waals surface area contributed by atoms with Crippen LogP contribution in [0.15, 0.2) is 22.7 Å². The van der Waals surface area contributed by atoms with Crippen LogP contribution >= 0.6 is 28.6 Å². The summed E-state index contributed by atoms with van der Waals surface area (Å²) in [5.74, 6) is 0.306. The first kappa shape index (κ1) is 15.8. The van der Waals surface area contributed by atoms with Crippen LogP contribution in [0.25, 0.3) is 0 Å². The maximum absolute atomic E-state index is 11.9. The molecule has 7 heteroatoms. The number of amides is 2. The fourth-order valence-electron chi connectivity index (χ4n) is 1.41. The Balaban J connectivity index is 2.75. The molecule has 0 saturated heterocycles. The Kier molecular flexibility index (Phi) is 6.17. The number of rotatable bonds is 5. The summed E-state index contributed by atoms with van der Waals surface area (Å²) in [6.45, 7) is 1.35. The summed E-state index contributed by atoms with van der Waals surface area (Å²) in [6, 6.07) is 4.50. The molecule has 0 radical (unpaired) electrons. The monoisotopic (exact) mass is 346 g/mol. The van der Waals surface area contributed by atoms with Gasteiger partial charge in [0.1, 0.15) is 11.8 Å². The summed E-state index contributed by atoms with van der Waals surface area (Å²) in [5.41, 5.74) is 0.606. The Bertz CT molecular complexity index is 482. The third-order valence-electron chi connectivity index (χ3n) is 2.30. The Morgan fingerprint density at radius 3 is 2.63 bits per heavy atom. The van der Waals surface area contributed by atoms with Gasteiger partial charge < -0.3 is 15.4 Å². The number of hydrogen-bond donors (Lipinski definition) is 3. The highest BCUT2D eigenvalue weighted by atomic mass is 79.9. The van der Waals surface area contributed by atoms with Crippen molar-refractivity contribution in [1.29, 1.82) is 0 Å². The van der Waals surface area contributed by atoms with Crippen molar-refractivity contribution in [3.63, 3.8) is 0 Å². The van der Waals surface area contributed by atoms with E-state index < -0.39 is 6.04 Å². The number of nitrogens with one attached hydrogen (secondary N) is 2. The van der Waals surface area contributed by atoms with Crippen LogP contribution in [0.5, 0.6) is 5.75 Å². The van der Waals surface area contributed by atoms with Crippen molar-refractivity contribution in [2.24, 2.45) is 0 Å². The maximum Gasteiger partial charge on any atom is 0.247 e. The molecule has 0 aromatic heterocycles. The average Bonchev–Trinajstić information content (AvgIpc) is 2.35. The highest BCUT2D eigenvalue weighted by Gasteiger charge is 2.18. The number of anilines is 1. The van der Waals surface area contributed by atoms with Gasteiger partial charge >= 0.3 is 0 Å². The van der Waals surface area contributed by atoms with Crippen molar-refractivity contribution >= 4 is 46.1 Å². The van der Waals surface area contributed by atoms with Crippen molar-refractivity contribution in [3.05, 3.63) is 22.7 Å². The fraction of sp³-hybridized carbons (Fsp3) is 0.333. The Hall–Kier alpha value is -1.21. The zero-order valence-electron chi connectivity index (χ0n) is 10.6. The molecular weight excluding hydrogens is 332 g/mol. The number of hydrogen-bond acceptors (Lipinski definition) is 4. The molecule has 1 unspecified atom stereocenters. The molecule has 0 heterocycles. The molecule has 1 atom stereocenters. The fourth-order valence-corrected chi connectivity index (χ4v) is 2.21. The van der Waals surface area contributed by atoms with Gasteiger partial charge in [-0.3, -0.25) is 9.59 Å². The van der Waals surface area contributed by atoms with E-state index in [0.717, 1.165) is 4.47 Å². The predicted molar refractivity (Wildman–Crippen MR) is 80.8 cm³/mol. The van der Waals surface area contributed by atoms with Gasteiger partial charge in [0.15, 0.2) is 0 Å². The van der Waals surface area contributed by atoms with Gasteiger partial charge in [0.05, 0.1) is 11.6 Å². The lowest BCUT2D eigenvalue weighted by molar-refractivity contribution is -0.124. The SMILES string of the molecule is COc1ccc(NC(=O)C(CS)NC(C)=O)cc1Br. The number of thiol groups is 1. The Morgan fingerprint density at radius 1 is 1.47 bits per heavy atom. The van der Waals surface area contributed by atoms with Crippen molar-refractivity contribution in [3.8, 4) is 5.75 Å². The second-order valence-electron chi connectivity index (χ2n) is 3.77. The minimum atomic E-state index is -0.665. The molecule has 5 nitrogen and oxygen atoms in total. The van der Waals surface area contributed by atoms with E-state index in [0.29, 0.717) is 11.4 Å². The highest BCUT2D eigenvalue weighted by molar-refractivity contribution is 9.10. The van der Waals surface area contributed by atoms with E-state index in [1.54, 1.807) is 25.3 Å². The van der Waals surface area contributed by atoms with E-state index >= 15 is 0 Å². The molecule has 1 aromatic rings. The molecule has 1 aromatic carbocycles. The highest BCUT2D eigenvalue weighted by Crippen LogP contribution is 2.27. The predicted octanol–water partition coefficient (Wildman–Crippen LogP) is 1.83. The molecule has 0 aliphatic rings. The van der Waals surface area contributed by atoms with Crippen LogP contribution in [0.3, 0.4) is 0 Å². The lowest BCUT2D eigenvalue weighted by atomic mass is 10.2. The van der Waals surface area contributed by atoms with Gasteiger partial charge in [-0.25, -0.2) is 0 Å². The first-order chi connectivity index (χ1) is 8.97. The van der Waals surface area contributed by atoms with Gasteiger partial charge in [-0.2, -0.15) is 12.6 Å². The molecule has 0 aliphatic carbocycles. The number of carbonyl (C=O) groups excluding carboxylic acids is 2. The number of benzene rings is 1. The molecular formula is C12H15BrN2O3S. The van der Waals surface area contributed by atoms with E-state index in [-0.39, 0.29) is 17.6 Å². The van der Waals surface area contributed by atoms with E-state index in [4.69, 9.17) is 4.74 Å². The van der Waals surface area contributed by atoms with Crippen molar-refractivity contribution in [1.82, 2.24) is 5.32 Å². The number of carbonyl (C=O) groups is 2. The van der Waals surface area contributed by atoms with Crippen molar-refractivity contribution in [2.75, 3.05) is 18.2 Å². The van der Waals surface area contributed by atoms with Crippen LogP contribution in [-0.2, 0) is 9.59 Å². The van der Waals surface area contributed by atoms with Crippen LogP contribution in [-0.4, -0.2) is 30.7 Å². The molecule has 0 saturated carbocycles. The Labute approximate surface area is 125 Å². The topological polar surface area (TPSA) is 67.4 Å². The minimum Gasteiger partial charge on any atom is -0.496 e. The second kappa shape index (κ2) is 7.40. The van der Waals surface area contributed by atoms with Crippen LogP contribution in [0.2, 0.25) is 0 Å². The van der Waals surface area contributed by atoms with E-state index in [1.165, 1.54) is 6.92 Å². The van der Waals surface area contributed by atoms with Gasteiger partial charge in [0.25, 0.3) is 0 Å². The lowest BCUT2D eigenvalue weighted by Crippen LogP contribution is -2.44. The van der Waals surface area contributed by atoms with Crippen LogP contribution in [0.1, 0.15) is 6.92 Å². The van der Waals surface area contributed by atoms with Crippen LogP contribution < -0.4 is 15.4 Å². The quantitative estimate of drug-likeness (QED) is 0.712. The Morgan fingerprint density at radius 2 is 2.16 bits per heavy atom. The summed E-state index contributed by atoms with van der Waals surface area (Å²) in [7, 11) is 1.56. The van der Waals surface area contributed by atoms with Gasteiger partial charge in [-0.1, -0.05) is 0 Å². The van der Waals surface area contributed by atoms with Gasteiger partial charge in [-0.15, -0.1) is 0 Å². The third-order valence-corrected chi connectivity index (χ3v) is 3.28. The molecule has 0 bridgehead atoms. The molecule has 0 spiro atoms. The van der Waals surface area contributed by atoms with Gasteiger partial charge in [0, 0.05) is 18.4 Å². The van der Waals surface area contributed by atoms with E-state index in [9.17, 15) is 9.59 Å². The molecule has 104 valence electrons. The molecule has 2 amide bonds. The summed E-state index contributed by atoms with van der Waals surface area (Å²) in [4.78, 5) is 22.9. The van der Waals surface area contributed by atoms with E-state index in [2.05, 4.69) is 39.2 Å². The first-order valence-corrected chi connectivity index (χ1v) is 6.92. The summed E-state index contributed by atoms with van der Waals surface area (Å²) in [5, 5.41) is 5.23. The summed E-state index contributed by atoms with van der Waals surface area (Å²) in [6.07, 6.45) is 0. The first-order valence-electron chi connectivity index (χ1n) is 5.50. The molecule has 1 rings (SSSR count). The largest absolute Gasteiger partial charge is 0.496 e. The van der Waals surface area contributed by atoms with Crippen LogP contribution in [0.4, 0.5) is 5.69 Å². The molecule has 0 fully saturated rings. The molecule has 2 N–H and O–H groups in total. The lowest BCUT2D eigenvalue weighted by Gasteiger charge is -2.15. The standard InChI is InChI=1S/C12H15BrN2O3S/c1-7(16)14-10(6-19)12(17)15-8-3-4-11(18-2)9(13)5-8/h3-5,10,19H,6H2,1-2H3,(H,14,16)(H,15,17). The normalized spacial score (nSPS) is 11.6. The zero-order valence-corrected chi connectivity index (χ0v) is 13.0. The second-order valence-corrected chi connectivity index (χ2v) is 4.99. The van der Waals surface area contributed by atoms with E-state index in [1.807, 2.05) is 0 Å². The number of methoxy groups -OCH3 is 1.